The first-order valence-corrected chi connectivity index (χ1v) is 6.80. The van der Waals surface area contributed by atoms with Crippen molar-refractivity contribution >= 4 is 0 Å². The number of aryl methyl sites for hydroxylation is 1. The molecule has 2 aromatic heterocycles. The molecule has 2 rings (SSSR count). The highest BCUT2D eigenvalue weighted by molar-refractivity contribution is 5.60. The van der Waals surface area contributed by atoms with Gasteiger partial charge in [-0.3, -0.25) is 4.98 Å². The maximum atomic E-state index is 9.37. The lowest BCUT2D eigenvalue weighted by Gasteiger charge is -2.07. The van der Waals surface area contributed by atoms with Crippen LogP contribution in [0.4, 0.5) is 0 Å². The predicted molar refractivity (Wildman–Crippen MR) is 73.3 cm³/mol. The smallest absolute Gasteiger partial charge is 0.116 e. The second-order valence-corrected chi connectivity index (χ2v) is 4.56. The van der Waals surface area contributed by atoms with Crippen molar-refractivity contribution in [3.05, 3.63) is 30.2 Å². The fourth-order valence-electron chi connectivity index (χ4n) is 2.13. The number of unbranched alkanes of at least 4 members (excludes halogenated alkanes) is 3. The lowest BCUT2D eigenvalue weighted by Crippen LogP contribution is -2.03. The van der Waals surface area contributed by atoms with E-state index in [0.29, 0.717) is 5.69 Å². The molecule has 0 aliphatic carbocycles. The number of hydrogen-bond donors (Lipinski definition) is 1. The molecule has 0 aliphatic rings. The third-order valence-corrected chi connectivity index (χ3v) is 3.13. The molecule has 5 nitrogen and oxygen atoms in total. The lowest BCUT2D eigenvalue weighted by molar-refractivity contribution is 0.277. The van der Waals surface area contributed by atoms with Crippen LogP contribution >= 0.6 is 0 Å². The van der Waals surface area contributed by atoms with E-state index < -0.39 is 0 Å². The Hall–Kier alpha value is -1.75. The zero-order valence-corrected chi connectivity index (χ0v) is 11.3. The Morgan fingerprint density at radius 1 is 1.16 bits per heavy atom. The van der Waals surface area contributed by atoms with Crippen LogP contribution in [0.25, 0.3) is 11.3 Å². The van der Waals surface area contributed by atoms with Crippen LogP contribution < -0.4 is 0 Å². The van der Waals surface area contributed by atoms with Crippen molar-refractivity contribution in [3.8, 4) is 11.3 Å². The Labute approximate surface area is 113 Å². The minimum atomic E-state index is -0.0907. The highest BCUT2D eigenvalue weighted by atomic mass is 16.3. The van der Waals surface area contributed by atoms with E-state index >= 15 is 0 Å². The Morgan fingerprint density at radius 3 is 2.63 bits per heavy atom. The first-order valence-electron chi connectivity index (χ1n) is 6.80. The molecule has 0 aliphatic heterocycles. The molecule has 0 fully saturated rings. The van der Waals surface area contributed by atoms with Crippen molar-refractivity contribution in [2.45, 2.75) is 45.8 Å². The van der Waals surface area contributed by atoms with Gasteiger partial charge in [-0.25, -0.2) is 4.68 Å². The average Bonchev–Trinajstić information content (AvgIpc) is 2.87. The standard InChI is InChI=1S/C14H20N4O/c1-2-3-4-5-10-18-14(13(11-19)16-17-18)12-6-8-15-9-7-12/h6-9,19H,2-5,10-11H2,1H3. The maximum absolute atomic E-state index is 9.37. The predicted octanol–water partition coefficient (Wildman–Crippen LogP) is 2.41. The highest BCUT2D eigenvalue weighted by Gasteiger charge is 2.13. The van der Waals surface area contributed by atoms with Crippen molar-refractivity contribution in [2.75, 3.05) is 0 Å². The van der Waals surface area contributed by atoms with Gasteiger partial charge in [-0.2, -0.15) is 0 Å². The van der Waals surface area contributed by atoms with E-state index in [4.69, 9.17) is 0 Å². The summed E-state index contributed by atoms with van der Waals surface area (Å²) in [5, 5.41) is 17.6. The van der Waals surface area contributed by atoms with Gasteiger partial charge in [0.2, 0.25) is 0 Å². The van der Waals surface area contributed by atoms with E-state index in [-0.39, 0.29) is 6.61 Å². The lowest BCUT2D eigenvalue weighted by atomic mass is 10.1. The molecule has 1 N–H and O–H groups in total. The van der Waals surface area contributed by atoms with Crippen molar-refractivity contribution in [3.63, 3.8) is 0 Å². The number of aliphatic hydroxyl groups excluding tert-OH is 1. The van der Waals surface area contributed by atoms with Crippen LogP contribution in [0.2, 0.25) is 0 Å². The van der Waals surface area contributed by atoms with Crippen LogP contribution in [-0.4, -0.2) is 25.1 Å². The summed E-state index contributed by atoms with van der Waals surface area (Å²) in [6.07, 6.45) is 8.22. The van der Waals surface area contributed by atoms with Crippen LogP contribution in [0, 0.1) is 0 Å². The number of aromatic nitrogens is 4. The van der Waals surface area contributed by atoms with E-state index in [9.17, 15) is 5.11 Å². The van der Waals surface area contributed by atoms with Crippen LogP contribution in [0.5, 0.6) is 0 Å². The second-order valence-electron chi connectivity index (χ2n) is 4.56. The minimum Gasteiger partial charge on any atom is -0.390 e. The van der Waals surface area contributed by atoms with Crippen molar-refractivity contribution in [1.82, 2.24) is 20.0 Å². The van der Waals surface area contributed by atoms with E-state index in [1.807, 2.05) is 16.8 Å². The molecule has 102 valence electrons. The van der Waals surface area contributed by atoms with Gasteiger partial charge in [-0.1, -0.05) is 31.4 Å². The second kappa shape index (κ2) is 6.99. The van der Waals surface area contributed by atoms with Gasteiger partial charge in [0.05, 0.1) is 12.3 Å². The number of rotatable bonds is 7. The number of aliphatic hydroxyl groups is 1. The average molecular weight is 260 g/mol. The van der Waals surface area contributed by atoms with E-state index in [2.05, 4.69) is 22.2 Å². The largest absolute Gasteiger partial charge is 0.390 e. The fraction of sp³-hybridized carbons (Fsp3) is 0.500. The monoisotopic (exact) mass is 260 g/mol. The number of pyridine rings is 1. The van der Waals surface area contributed by atoms with Crippen molar-refractivity contribution in [1.29, 1.82) is 0 Å². The SMILES string of the molecule is CCCCCCn1nnc(CO)c1-c1ccncc1. The fourth-order valence-corrected chi connectivity index (χ4v) is 2.13. The molecule has 0 unspecified atom stereocenters. The molecule has 0 radical (unpaired) electrons. The van der Waals surface area contributed by atoms with E-state index in [0.717, 1.165) is 24.2 Å². The van der Waals surface area contributed by atoms with E-state index in [1.165, 1.54) is 19.3 Å². The quantitative estimate of drug-likeness (QED) is 0.776. The first-order chi connectivity index (χ1) is 9.36. The molecule has 0 atom stereocenters. The number of hydrogen-bond acceptors (Lipinski definition) is 4. The van der Waals surface area contributed by atoms with Gasteiger partial charge in [0.1, 0.15) is 5.69 Å². The molecule has 0 saturated carbocycles. The maximum Gasteiger partial charge on any atom is 0.116 e. The van der Waals surface area contributed by atoms with Gasteiger partial charge in [0.15, 0.2) is 0 Å². The molecule has 0 saturated heterocycles. The summed E-state index contributed by atoms with van der Waals surface area (Å²) in [4.78, 5) is 4.01. The highest BCUT2D eigenvalue weighted by Crippen LogP contribution is 2.22. The van der Waals surface area contributed by atoms with Crippen LogP contribution in [0.1, 0.15) is 38.3 Å². The summed E-state index contributed by atoms with van der Waals surface area (Å²) >= 11 is 0. The summed E-state index contributed by atoms with van der Waals surface area (Å²) in [7, 11) is 0. The molecule has 0 spiro atoms. The van der Waals surface area contributed by atoms with Crippen molar-refractivity contribution < 1.29 is 5.11 Å². The van der Waals surface area contributed by atoms with Gasteiger partial charge < -0.3 is 5.11 Å². The molecule has 0 aromatic carbocycles. The molecule has 0 amide bonds. The Kier molecular flexibility index (Phi) is 5.03. The normalized spacial score (nSPS) is 10.8. The summed E-state index contributed by atoms with van der Waals surface area (Å²) in [6, 6.07) is 3.83. The molecule has 2 aromatic rings. The van der Waals surface area contributed by atoms with Crippen LogP contribution in [0.15, 0.2) is 24.5 Å². The van der Waals surface area contributed by atoms with Gasteiger partial charge in [0, 0.05) is 24.5 Å². The third kappa shape index (κ3) is 3.38. The minimum absolute atomic E-state index is 0.0907. The zero-order valence-electron chi connectivity index (χ0n) is 11.3. The molecule has 0 bridgehead atoms. The van der Waals surface area contributed by atoms with Gasteiger partial charge in [-0.15, -0.1) is 5.10 Å². The van der Waals surface area contributed by atoms with Crippen LogP contribution in [0.3, 0.4) is 0 Å². The third-order valence-electron chi connectivity index (χ3n) is 3.13. The zero-order chi connectivity index (χ0) is 13.5. The Bertz CT molecular complexity index is 495. The van der Waals surface area contributed by atoms with E-state index in [1.54, 1.807) is 12.4 Å². The van der Waals surface area contributed by atoms with Crippen LogP contribution in [-0.2, 0) is 13.2 Å². The Balaban J connectivity index is 2.18. The molecular weight excluding hydrogens is 240 g/mol. The van der Waals surface area contributed by atoms with Crippen molar-refractivity contribution in [2.24, 2.45) is 0 Å². The molecule has 5 heteroatoms. The number of nitrogens with zero attached hydrogens (tertiary/aromatic N) is 4. The summed E-state index contributed by atoms with van der Waals surface area (Å²) in [5.74, 6) is 0. The summed E-state index contributed by atoms with van der Waals surface area (Å²) < 4.78 is 1.89. The summed E-state index contributed by atoms with van der Waals surface area (Å²) in [5.41, 5.74) is 2.53. The van der Waals surface area contributed by atoms with Gasteiger partial charge >= 0.3 is 0 Å². The van der Waals surface area contributed by atoms with Gasteiger partial charge in [-0.05, 0) is 18.6 Å². The molecule has 2 heterocycles. The topological polar surface area (TPSA) is 63.8 Å². The first kappa shape index (κ1) is 13.7. The summed E-state index contributed by atoms with van der Waals surface area (Å²) in [6.45, 7) is 2.94. The van der Waals surface area contributed by atoms with Gasteiger partial charge in [0.25, 0.3) is 0 Å². The molecular formula is C14H20N4O. The molecule has 19 heavy (non-hydrogen) atoms. The Morgan fingerprint density at radius 2 is 1.95 bits per heavy atom.